The van der Waals surface area contributed by atoms with Crippen molar-refractivity contribution in [3.63, 3.8) is 0 Å². The fourth-order valence-corrected chi connectivity index (χ4v) is 0.894. The summed E-state index contributed by atoms with van der Waals surface area (Å²) in [6.07, 6.45) is 1.73. The average molecular weight is 173 g/mol. The standard InChI is InChI=1S/C9H19NO2/c1-4-7(3)10-6-8(5-2)9(11)12/h7-8,10H,4-6H2,1-3H3,(H,11,12). The molecule has 0 spiro atoms. The van der Waals surface area contributed by atoms with Crippen LogP contribution < -0.4 is 5.32 Å². The summed E-state index contributed by atoms with van der Waals surface area (Å²) < 4.78 is 0. The van der Waals surface area contributed by atoms with E-state index in [1.165, 1.54) is 0 Å². The maximum Gasteiger partial charge on any atom is 0.307 e. The zero-order valence-electron chi connectivity index (χ0n) is 8.13. The summed E-state index contributed by atoms with van der Waals surface area (Å²) in [5.41, 5.74) is 0. The summed E-state index contributed by atoms with van der Waals surface area (Å²) in [7, 11) is 0. The molecule has 72 valence electrons. The number of aliphatic carboxylic acids is 1. The Balaban J connectivity index is 3.65. The van der Waals surface area contributed by atoms with Gasteiger partial charge in [0.15, 0.2) is 0 Å². The van der Waals surface area contributed by atoms with Crippen LogP contribution in [0.4, 0.5) is 0 Å². The highest BCUT2D eigenvalue weighted by atomic mass is 16.4. The lowest BCUT2D eigenvalue weighted by Gasteiger charge is -2.15. The number of hydrogen-bond donors (Lipinski definition) is 2. The highest BCUT2D eigenvalue weighted by Gasteiger charge is 2.14. The van der Waals surface area contributed by atoms with E-state index in [-0.39, 0.29) is 5.92 Å². The first-order chi connectivity index (χ1) is 5.61. The lowest BCUT2D eigenvalue weighted by molar-refractivity contribution is -0.141. The van der Waals surface area contributed by atoms with Crippen LogP contribution >= 0.6 is 0 Å². The van der Waals surface area contributed by atoms with Crippen molar-refractivity contribution in [2.45, 2.75) is 39.7 Å². The molecule has 2 unspecified atom stereocenters. The normalized spacial score (nSPS) is 15.6. The Bertz CT molecular complexity index is 136. The third-order valence-electron chi connectivity index (χ3n) is 2.17. The van der Waals surface area contributed by atoms with E-state index in [0.29, 0.717) is 19.0 Å². The predicted molar refractivity (Wildman–Crippen MR) is 49.2 cm³/mol. The molecule has 0 aromatic rings. The van der Waals surface area contributed by atoms with Crippen LogP contribution in [0.5, 0.6) is 0 Å². The number of carboxylic acid groups (broad SMARTS) is 1. The molecular formula is C9H19NO2. The van der Waals surface area contributed by atoms with E-state index in [9.17, 15) is 4.79 Å². The van der Waals surface area contributed by atoms with Crippen molar-refractivity contribution in [2.24, 2.45) is 5.92 Å². The molecule has 0 aromatic carbocycles. The third-order valence-corrected chi connectivity index (χ3v) is 2.17. The topological polar surface area (TPSA) is 49.3 Å². The molecule has 2 atom stereocenters. The van der Waals surface area contributed by atoms with Crippen LogP contribution in [0.3, 0.4) is 0 Å². The average Bonchev–Trinajstić information content (AvgIpc) is 2.04. The minimum absolute atomic E-state index is 0.237. The Kier molecular flexibility index (Phi) is 5.72. The van der Waals surface area contributed by atoms with E-state index in [1.54, 1.807) is 0 Å². The Morgan fingerprint density at radius 2 is 2.00 bits per heavy atom. The van der Waals surface area contributed by atoms with Gasteiger partial charge in [-0.15, -0.1) is 0 Å². The van der Waals surface area contributed by atoms with Gasteiger partial charge in [-0.3, -0.25) is 4.79 Å². The predicted octanol–water partition coefficient (Wildman–Crippen LogP) is 1.49. The zero-order valence-corrected chi connectivity index (χ0v) is 8.13. The minimum atomic E-state index is -0.701. The summed E-state index contributed by atoms with van der Waals surface area (Å²) in [6, 6.07) is 0.415. The van der Waals surface area contributed by atoms with Crippen molar-refractivity contribution < 1.29 is 9.90 Å². The molecule has 0 heterocycles. The van der Waals surface area contributed by atoms with Crippen LogP contribution in [-0.2, 0) is 4.79 Å². The molecule has 0 aliphatic heterocycles. The van der Waals surface area contributed by atoms with E-state index in [4.69, 9.17) is 5.11 Å². The van der Waals surface area contributed by atoms with E-state index >= 15 is 0 Å². The van der Waals surface area contributed by atoms with Crippen molar-refractivity contribution in [3.8, 4) is 0 Å². The third kappa shape index (κ3) is 4.34. The van der Waals surface area contributed by atoms with Crippen LogP contribution in [-0.4, -0.2) is 23.7 Å². The minimum Gasteiger partial charge on any atom is -0.481 e. The van der Waals surface area contributed by atoms with Gasteiger partial charge < -0.3 is 10.4 Å². The van der Waals surface area contributed by atoms with Gasteiger partial charge in [0.25, 0.3) is 0 Å². The van der Waals surface area contributed by atoms with Crippen molar-refractivity contribution in [1.29, 1.82) is 0 Å². The molecule has 0 aromatic heterocycles. The second-order valence-electron chi connectivity index (χ2n) is 3.16. The summed E-state index contributed by atoms with van der Waals surface area (Å²) >= 11 is 0. The van der Waals surface area contributed by atoms with Gasteiger partial charge in [-0.05, 0) is 19.8 Å². The van der Waals surface area contributed by atoms with Gasteiger partial charge >= 0.3 is 5.97 Å². The van der Waals surface area contributed by atoms with Crippen molar-refractivity contribution >= 4 is 5.97 Å². The van der Waals surface area contributed by atoms with Crippen molar-refractivity contribution in [2.75, 3.05) is 6.54 Å². The molecule has 0 rings (SSSR count). The zero-order chi connectivity index (χ0) is 9.56. The SMILES string of the molecule is CCC(C)NCC(CC)C(=O)O. The van der Waals surface area contributed by atoms with Crippen molar-refractivity contribution in [1.82, 2.24) is 5.32 Å². The highest BCUT2D eigenvalue weighted by molar-refractivity contribution is 5.70. The quantitative estimate of drug-likeness (QED) is 0.639. The Morgan fingerprint density at radius 1 is 1.42 bits per heavy atom. The fraction of sp³-hybridized carbons (Fsp3) is 0.889. The molecule has 0 radical (unpaired) electrons. The van der Waals surface area contributed by atoms with E-state index < -0.39 is 5.97 Å². The van der Waals surface area contributed by atoms with Gasteiger partial charge in [0.05, 0.1) is 5.92 Å². The number of rotatable bonds is 6. The van der Waals surface area contributed by atoms with Gasteiger partial charge in [0.1, 0.15) is 0 Å². The van der Waals surface area contributed by atoms with Crippen LogP contribution in [0.25, 0.3) is 0 Å². The summed E-state index contributed by atoms with van der Waals surface area (Å²) in [6.45, 7) is 6.63. The lowest BCUT2D eigenvalue weighted by Crippen LogP contribution is -2.33. The van der Waals surface area contributed by atoms with Crippen molar-refractivity contribution in [3.05, 3.63) is 0 Å². The van der Waals surface area contributed by atoms with Gasteiger partial charge in [-0.1, -0.05) is 13.8 Å². The maximum absolute atomic E-state index is 10.6. The Hall–Kier alpha value is -0.570. The molecule has 0 amide bonds. The number of hydrogen-bond acceptors (Lipinski definition) is 2. The van der Waals surface area contributed by atoms with E-state index in [1.807, 2.05) is 6.92 Å². The monoisotopic (exact) mass is 173 g/mol. The first-order valence-corrected chi connectivity index (χ1v) is 4.57. The van der Waals surface area contributed by atoms with Gasteiger partial charge in [0, 0.05) is 12.6 Å². The smallest absolute Gasteiger partial charge is 0.307 e. The molecule has 3 nitrogen and oxygen atoms in total. The van der Waals surface area contributed by atoms with Gasteiger partial charge in [-0.2, -0.15) is 0 Å². The van der Waals surface area contributed by atoms with Crippen LogP contribution in [0.2, 0.25) is 0 Å². The molecule has 2 N–H and O–H groups in total. The molecule has 0 saturated heterocycles. The molecular weight excluding hydrogens is 154 g/mol. The summed E-state index contributed by atoms with van der Waals surface area (Å²) in [5, 5.41) is 11.9. The number of carbonyl (C=O) groups is 1. The second-order valence-corrected chi connectivity index (χ2v) is 3.16. The number of nitrogens with one attached hydrogen (secondary N) is 1. The first kappa shape index (κ1) is 11.4. The van der Waals surface area contributed by atoms with Gasteiger partial charge in [0.2, 0.25) is 0 Å². The summed E-state index contributed by atoms with van der Waals surface area (Å²) in [4.78, 5) is 10.6. The maximum atomic E-state index is 10.6. The number of carboxylic acids is 1. The summed E-state index contributed by atoms with van der Waals surface area (Å²) in [5.74, 6) is -0.938. The van der Waals surface area contributed by atoms with Gasteiger partial charge in [-0.25, -0.2) is 0 Å². The lowest BCUT2D eigenvalue weighted by atomic mass is 10.1. The van der Waals surface area contributed by atoms with E-state index in [2.05, 4.69) is 19.2 Å². The Labute approximate surface area is 74.2 Å². The van der Waals surface area contributed by atoms with E-state index in [0.717, 1.165) is 6.42 Å². The molecule has 0 aliphatic rings. The second kappa shape index (κ2) is 6.00. The molecule has 0 aliphatic carbocycles. The molecule has 0 fully saturated rings. The molecule has 3 heteroatoms. The molecule has 0 bridgehead atoms. The molecule has 0 saturated carbocycles. The molecule has 12 heavy (non-hydrogen) atoms. The highest BCUT2D eigenvalue weighted by Crippen LogP contribution is 2.01. The fourth-order valence-electron chi connectivity index (χ4n) is 0.894. The largest absolute Gasteiger partial charge is 0.481 e. The Morgan fingerprint density at radius 3 is 2.33 bits per heavy atom. The van der Waals surface area contributed by atoms with Crippen LogP contribution in [0.1, 0.15) is 33.6 Å². The van der Waals surface area contributed by atoms with Crippen LogP contribution in [0, 0.1) is 5.92 Å². The van der Waals surface area contributed by atoms with Crippen LogP contribution in [0.15, 0.2) is 0 Å². The first-order valence-electron chi connectivity index (χ1n) is 4.57.